The van der Waals surface area contributed by atoms with Crippen molar-refractivity contribution in [2.24, 2.45) is 5.92 Å². The van der Waals surface area contributed by atoms with Gasteiger partial charge in [0.1, 0.15) is 0 Å². The van der Waals surface area contributed by atoms with Gasteiger partial charge < -0.3 is 5.11 Å². The van der Waals surface area contributed by atoms with Crippen LogP contribution in [0.15, 0.2) is 0 Å². The summed E-state index contributed by atoms with van der Waals surface area (Å²) in [6.07, 6.45) is 1.47. The fourth-order valence-corrected chi connectivity index (χ4v) is 0.661. The molecule has 0 aliphatic rings. The lowest BCUT2D eigenvalue weighted by molar-refractivity contribution is -0.141. The predicted molar refractivity (Wildman–Crippen MR) is 36.8 cm³/mol. The molecule has 0 heterocycles. The number of hydrogen-bond donors (Lipinski definition) is 1. The average molecular weight is 151 g/mol. The van der Waals surface area contributed by atoms with Crippen molar-refractivity contribution in [3.05, 3.63) is 0 Å². The first-order valence-electron chi connectivity index (χ1n) is 2.97. The van der Waals surface area contributed by atoms with Crippen LogP contribution < -0.4 is 0 Å². The number of alkyl halides is 1. The second kappa shape index (κ2) is 4.62. The van der Waals surface area contributed by atoms with Crippen LogP contribution in [-0.2, 0) is 4.79 Å². The number of carboxylic acids is 1. The van der Waals surface area contributed by atoms with Gasteiger partial charge >= 0.3 is 5.97 Å². The minimum atomic E-state index is -0.736. The van der Waals surface area contributed by atoms with Gasteiger partial charge in [-0.2, -0.15) is 0 Å². The van der Waals surface area contributed by atoms with Crippen LogP contribution in [0.5, 0.6) is 0 Å². The second-order valence-electron chi connectivity index (χ2n) is 2.07. The number of carbonyl (C=O) groups is 1. The van der Waals surface area contributed by atoms with Crippen LogP contribution >= 0.6 is 11.6 Å². The molecule has 0 aromatic rings. The van der Waals surface area contributed by atoms with E-state index >= 15 is 0 Å². The third-order valence-electron chi connectivity index (χ3n) is 1.19. The van der Waals surface area contributed by atoms with Gasteiger partial charge in [0.05, 0.1) is 5.92 Å². The van der Waals surface area contributed by atoms with Gasteiger partial charge in [-0.3, -0.25) is 4.79 Å². The smallest absolute Gasteiger partial charge is 0.306 e. The lowest BCUT2D eigenvalue weighted by Crippen LogP contribution is -2.08. The predicted octanol–water partition coefficient (Wildman–Crippen LogP) is 1.73. The van der Waals surface area contributed by atoms with Crippen molar-refractivity contribution < 1.29 is 9.90 Å². The van der Waals surface area contributed by atoms with E-state index in [9.17, 15) is 4.79 Å². The Hall–Kier alpha value is -0.240. The Morgan fingerprint density at radius 2 is 2.33 bits per heavy atom. The van der Waals surface area contributed by atoms with Gasteiger partial charge in [-0.25, -0.2) is 0 Å². The van der Waals surface area contributed by atoms with E-state index in [1.807, 2.05) is 0 Å². The van der Waals surface area contributed by atoms with Crippen LogP contribution in [0.25, 0.3) is 0 Å². The van der Waals surface area contributed by atoms with E-state index in [4.69, 9.17) is 16.7 Å². The van der Waals surface area contributed by atoms with E-state index in [1.165, 1.54) is 0 Å². The molecule has 0 saturated heterocycles. The van der Waals surface area contributed by atoms with E-state index in [1.54, 1.807) is 6.92 Å². The first kappa shape index (κ1) is 8.76. The molecule has 0 aromatic carbocycles. The maximum absolute atomic E-state index is 10.2. The molecule has 0 aromatic heterocycles. The summed E-state index contributed by atoms with van der Waals surface area (Å²) in [6, 6.07) is 0. The van der Waals surface area contributed by atoms with Crippen molar-refractivity contribution in [3.8, 4) is 0 Å². The van der Waals surface area contributed by atoms with Crippen molar-refractivity contribution in [3.63, 3.8) is 0 Å². The van der Waals surface area contributed by atoms with Gasteiger partial charge in [0, 0.05) is 5.88 Å². The van der Waals surface area contributed by atoms with Crippen molar-refractivity contribution in [1.82, 2.24) is 0 Å². The number of aliphatic carboxylic acids is 1. The lowest BCUT2D eigenvalue weighted by Gasteiger charge is -2.01. The van der Waals surface area contributed by atoms with Crippen LogP contribution in [-0.4, -0.2) is 17.0 Å². The molecule has 54 valence electrons. The van der Waals surface area contributed by atoms with E-state index in [0.29, 0.717) is 12.3 Å². The first-order chi connectivity index (χ1) is 4.18. The highest BCUT2D eigenvalue weighted by atomic mass is 35.5. The zero-order valence-corrected chi connectivity index (χ0v) is 6.19. The monoisotopic (exact) mass is 150 g/mol. The van der Waals surface area contributed by atoms with E-state index in [2.05, 4.69) is 0 Å². The van der Waals surface area contributed by atoms with Crippen molar-refractivity contribution in [2.75, 3.05) is 5.88 Å². The van der Waals surface area contributed by atoms with Gasteiger partial charge in [0.2, 0.25) is 0 Å². The lowest BCUT2D eigenvalue weighted by atomic mass is 10.1. The van der Waals surface area contributed by atoms with E-state index in [0.717, 1.165) is 6.42 Å². The molecule has 0 saturated carbocycles. The maximum Gasteiger partial charge on any atom is 0.306 e. The van der Waals surface area contributed by atoms with Gasteiger partial charge in [-0.15, -0.1) is 11.6 Å². The van der Waals surface area contributed by atoms with Gasteiger partial charge in [-0.1, -0.05) is 6.92 Å². The molecule has 2 nitrogen and oxygen atoms in total. The molecule has 9 heavy (non-hydrogen) atoms. The van der Waals surface area contributed by atoms with Crippen molar-refractivity contribution in [2.45, 2.75) is 19.8 Å². The van der Waals surface area contributed by atoms with Crippen molar-refractivity contribution >= 4 is 17.6 Å². The molecule has 0 aliphatic carbocycles. The summed E-state index contributed by atoms with van der Waals surface area (Å²) in [5.41, 5.74) is 0. The molecule has 1 N–H and O–H groups in total. The molecule has 3 heteroatoms. The zero-order chi connectivity index (χ0) is 7.28. The summed E-state index contributed by atoms with van der Waals surface area (Å²) >= 11 is 5.36. The fourth-order valence-electron chi connectivity index (χ4n) is 0.507. The van der Waals surface area contributed by atoms with Crippen LogP contribution in [0.4, 0.5) is 0 Å². The second-order valence-corrected chi connectivity index (χ2v) is 2.45. The zero-order valence-electron chi connectivity index (χ0n) is 5.43. The summed E-state index contributed by atoms with van der Waals surface area (Å²) in [5.74, 6) is -0.429. The van der Waals surface area contributed by atoms with E-state index in [-0.39, 0.29) is 5.92 Å². The molecule has 0 amide bonds. The summed E-state index contributed by atoms with van der Waals surface area (Å²) in [7, 11) is 0. The van der Waals surface area contributed by atoms with Crippen molar-refractivity contribution in [1.29, 1.82) is 0 Å². The molecule has 1 unspecified atom stereocenters. The summed E-state index contributed by atoms with van der Waals surface area (Å²) in [5, 5.41) is 8.37. The van der Waals surface area contributed by atoms with Gasteiger partial charge in [0.25, 0.3) is 0 Å². The number of rotatable bonds is 4. The minimum absolute atomic E-state index is 0.247. The highest BCUT2D eigenvalue weighted by Crippen LogP contribution is 2.05. The Bertz CT molecular complexity index is 93.1. The number of hydrogen-bond acceptors (Lipinski definition) is 1. The molecule has 0 bridgehead atoms. The molecule has 0 rings (SSSR count). The standard InChI is InChI=1S/C6H11ClO2/c1-5(6(8)9)3-2-4-7/h5H,2-4H2,1H3,(H,8,9). The largest absolute Gasteiger partial charge is 0.481 e. The molecule has 0 aliphatic heterocycles. The van der Waals surface area contributed by atoms with Gasteiger partial charge in [0.15, 0.2) is 0 Å². The Morgan fingerprint density at radius 3 is 2.67 bits per heavy atom. The number of carboxylic acid groups (broad SMARTS) is 1. The Kier molecular flexibility index (Phi) is 4.50. The molecular weight excluding hydrogens is 140 g/mol. The maximum atomic E-state index is 10.2. The fraction of sp³-hybridized carbons (Fsp3) is 0.833. The van der Waals surface area contributed by atoms with Crippen LogP contribution in [0.3, 0.4) is 0 Å². The topological polar surface area (TPSA) is 37.3 Å². The molecule has 0 radical (unpaired) electrons. The molecule has 0 spiro atoms. The molecular formula is C6H11ClO2. The summed E-state index contributed by atoms with van der Waals surface area (Å²) < 4.78 is 0. The van der Waals surface area contributed by atoms with Gasteiger partial charge in [-0.05, 0) is 12.8 Å². The highest BCUT2D eigenvalue weighted by molar-refractivity contribution is 6.17. The Balaban J connectivity index is 3.27. The van der Waals surface area contributed by atoms with Crippen LogP contribution in [0.2, 0.25) is 0 Å². The van der Waals surface area contributed by atoms with Crippen LogP contribution in [0.1, 0.15) is 19.8 Å². The highest BCUT2D eigenvalue weighted by Gasteiger charge is 2.08. The normalized spacial score (nSPS) is 13.1. The third kappa shape index (κ3) is 4.28. The quantitative estimate of drug-likeness (QED) is 0.620. The average Bonchev–Trinajstić information content (AvgIpc) is 1.82. The number of halogens is 1. The minimum Gasteiger partial charge on any atom is -0.481 e. The Labute approximate surface area is 59.8 Å². The van der Waals surface area contributed by atoms with Crippen LogP contribution in [0, 0.1) is 5.92 Å². The first-order valence-corrected chi connectivity index (χ1v) is 3.50. The van der Waals surface area contributed by atoms with E-state index < -0.39 is 5.97 Å². The third-order valence-corrected chi connectivity index (χ3v) is 1.46. The Morgan fingerprint density at radius 1 is 1.78 bits per heavy atom. The summed E-state index contributed by atoms with van der Waals surface area (Å²) in [6.45, 7) is 1.69. The molecule has 0 fully saturated rings. The SMILES string of the molecule is CC(CCCCl)C(=O)O. The molecule has 1 atom stereocenters. The summed E-state index contributed by atoms with van der Waals surface area (Å²) in [4.78, 5) is 10.2.